The average Bonchev–Trinajstić information content (AvgIpc) is 3.04. The Bertz CT molecular complexity index is 505. The summed E-state index contributed by atoms with van der Waals surface area (Å²) in [4.78, 5) is 12.0. The summed E-state index contributed by atoms with van der Waals surface area (Å²) in [6.07, 6.45) is -1.93. The quantitative estimate of drug-likeness (QED) is 0.622. The van der Waals surface area contributed by atoms with E-state index in [0.717, 1.165) is 0 Å². The lowest BCUT2D eigenvalue weighted by molar-refractivity contribution is -0.159. The van der Waals surface area contributed by atoms with Gasteiger partial charge in [0.25, 0.3) is 0 Å². The van der Waals surface area contributed by atoms with Crippen LogP contribution in [0.5, 0.6) is 0 Å². The Morgan fingerprint density at radius 1 is 1.45 bits per heavy atom. The molecular formula is C13H16O7. The van der Waals surface area contributed by atoms with E-state index in [4.69, 9.17) is 24.1 Å². The van der Waals surface area contributed by atoms with Gasteiger partial charge in [-0.05, 0) is 18.2 Å². The van der Waals surface area contributed by atoms with Gasteiger partial charge in [0.1, 0.15) is 30.3 Å². The van der Waals surface area contributed by atoms with Crippen molar-refractivity contribution in [3.8, 4) is 0 Å². The molecule has 7 nitrogen and oxygen atoms in total. The molecule has 0 radical (unpaired) electrons. The monoisotopic (exact) mass is 284 g/mol. The summed E-state index contributed by atoms with van der Waals surface area (Å²) < 4.78 is 15.4. The first-order chi connectivity index (χ1) is 9.60. The fourth-order valence-corrected chi connectivity index (χ4v) is 1.96. The number of rotatable bonds is 5. The maximum absolute atomic E-state index is 12.0. The fraction of sp³-hybridized carbons (Fsp3) is 0.462. The molecule has 1 fully saturated rings. The zero-order valence-corrected chi connectivity index (χ0v) is 10.9. The van der Waals surface area contributed by atoms with E-state index in [2.05, 4.69) is 0 Å². The van der Waals surface area contributed by atoms with E-state index in [9.17, 15) is 9.90 Å². The van der Waals surface area contributed by atoms with Crippen molar-refractivity contribution in [3.05, 3.63) is 29.2 Å². The number of aliphatic hydroxyl groups is 3. The first-order valence-electron chi connectivity index (χ1n) is 6.03. The number of carbonyl (C=O) groups excluding carboxylic acids is 1. The molecule has 0 unspecified atom stereocenters. The molecule has 0 bridgehead atoms. The average molecular weight is 284 g/mol. The smallest absolute Gasteiger partial charge is 0.222 e. The number of methoxy groups -OCH3 is 1. The van der Waals surface area contributed by atoms with Gasteiger partial charge in [0.15, 0.2) is 0 Å². The number of aliphatic hydroxyl groups excluding tert-OH is 3. The minimum Gasteiger partial charge on any atom is -0.459 e. The van der Waals surface area contributed by atoms with Crippen LogP contribution >= 0.6 is 0 Å². The minimum atomic E-state index is -1.24. The topological polar surface area (TPSA) is 109 Å². The molecule has 1 aliphatic rings. The summed E-state index contributed by atoms with van der Waals surface area (Å²) in [5, 5.41) is 27.6. The molecule has 1 saturated heterocycles. The molecule has 7 heteroatoms. The maximum Gasteiger partial charge on any atom is 0.222 e. The van der Waals surface area contributed by atoms with Crippen LogP contribution in [0.3, 0.4) is 0 Å². The molecule has 110 valence electrons. The van der Waals surface area contributed by atoms with Crippen molar-refractivity contribution in [2.75, 3.05) is 13.7 Å². The third-order valence-corrected chi connectivity index (χ3v) is 2.96. The van der Waals surface area contributed by atoms with Crippen LogP contribution in [-0.4, -0.2) is 53.3 Å². The second-order valence-corrected chi connectivity index (χ2v) is 4.30. The Kier molecular flexibility index (Phi) is 4.69. The van der Waals surface area contributed by atoms with Crippen molar-refractivity contribution >= 4 is 11.9 Å². The highest BCUT2D eigenvalue weighted by atomic mass is 16.7. The van der Waals surface area contributed by atoms with Gasteiger partial charge in [0.05, 0.1) is 6.61 Å². The van der Waals surface area contributed by atoms with Gasteiger partial charge >= 0.3 is 0 Å². The number of Topliss-reactive ketones (excluding diaryl/α,β-unsaturated/α-hetero) is 1. The van der Waals surface area contributed by atoms with Gasteiger partial charge in [0, 0.05) is 12.7 Å². The van der Waals surface area contributed by atoms with Crippen molar-refractivity contribution in [2.24, 2.45) is 0 Å². The molecule has 3 atom stereocenters. The fourth-order valence-electron chi connectivity index (χ4n) is 1.96. The van der Waals surface area contributed by atoms with E-state index in [0.29, 0.717) is 11.5 Å². The summed E-state index contributed by atoms with van der Waals surface area (Å²) >= 11 is 0. The number of furan rings is 1. The highest BCUT2D eigenvalue weighted by molar-refractivity contribution is 6.04. The van der Waals surface area contributed by atoms with Crippen molar-refractivity contribution < 1.29 is 34.0 Å². The summed E-state index contributed by atoms with van der Waals surface area (Å²) in [6.45, 7) is -0.803. The van der Waals surface area contributed by atoms with E-state index in [1.807, 2.05) is 0 Å². The van der Waals surface area contributed by atoms with E-state index < -0.39 is 30.9 Å². The zero-order valence-electron chi connectivity index (χ0n) is 10.9. The predicted octanol–water partition coefficient (Wildman–Crippen LogP) is -0.551. The molecule has 0 aromatic carbocycles. The van der Waals surface area contributed by atoms with Crippen LogP contribution < -0.4 is 0 Å². The van der Waals surface area contributed by atoms with Gasteiger partial charge in [-0.2, -0.15) is 0 Å². The largest absolute Gasteiger partial charge is 0.459 e. The number of hydrogen-bond acceptors (Lipinski definition) is 7. The molecule has 2 heterocycles. The van der Waals surface area contributed by atoms with Crippen LogP contribution in [0.15, 0.2) is 22.1 Å². The zero-order chi connectivity index (χ0) is 14.7. The van der Waals surface area contributed by atoms with Crippen LogP contribution in [0.4, 0.5) is 0 Å². The third kappa shape index (κ3) is 2.82. The Hall–Kier alpha value is -1.51. The summed E-state index contributed by atoms with van der Waals surface area (Å²) in [7, 11) is 1.31. The third-order valence-electron chi connectivity index (χ3n) is 2.96. The van der Waals surface area contributed by atoms with Crippen LogP contribution in [0, 0.1) is 0 Å². The van der Waals surface area contributed by atoms with E-state index in [1.54, 1.807) is 12.1 Å². The van der Waals surface area contributed by atoms with Crippen LogP contribution in [0.25, 0.3) is 6.08 Å². The Morgan fingerprint density at radius 3 is 2.75 bits per heavy atom. The van der Waals surface area contributed by atoms with Gasteiger partial charge in [-0.15, -0.1) is 0 Å². The molecule has 1 aromatic heterocycles. The van der Waals surface area contributed by atoms with Gasteiger partial charge in [-0.3, -0.25) is 4.79 Å². The van der Waals surface area contributed by atoms with E-state index >= 15 is 0 Å². The number of ketones is 1. The lowest BCUT2D eigenvalue weighted by Crippen LogP contribution is -2.31. The van der Waals surface area contributed by atoms with E-state index in [-0.39, 0.29) is 12.2 Å². The summed E-state index contributed by atoms with van der Waals surface area (Å²) in [5.74, 6) is 0.255. The molecule has 0 amide bonds. The molecule has 2 rings (SSSR count). The highest BCUT2D eigenvalue weighted by Crippen LogP contribution is 2.28. The lowest BCUT2D eigenvalue weighted by atomic mass is 10.0. The SMILES string of the molecule is CO[C@@H]1O[C@@H]([C@H](O)CO)C(=Cc2ccc(CO)o2)C1=O. The Labute approximate surface area is 115 Å². The number of hydrogen-bond donors (Lipinski definition) is 3. The molecule has 3 N–H and O–H groups in total. The molecular weight excluding hydrogens is 268 g/mol. The second kappa shape index (κ2) is 6.29. The van der Waals surface area contributed by atoms with Crippen molar-refractivity contribution in [2.45, 2.75) is 25.1 Å². The van der Waals surface area contributed by atoms with Gasteiger partial charge in [0.2, 0.25) is 12.1 Å². The first-order valence-corrected chi connectivity index (χ1v) is 6.03. The molecule has 0 saturated carbocycles. The summed E-state index contributed by atoms with van der Waals surface area (Å²) in [5.41, 5.74) is 0.150. The molecule has 1 aliphatic heterocycles. The van der Waals surface area contributed by atoms with E-state index in [1.165, 1.54) is 13.2 Å². The van der Waals surface area contributed by atoms with Crippen molar-refractivity contribution in [1.29, 1.82) is 0 Å². The minimum absolute atomic E-state index is 0.150. The number of ether oxygens (including phenoxy) is 2. The van der Waals surface area contributed by atoms with Crippen LogP contribution in [0.1, 0.15) is 11.5 Å². The molecule has 20 heavy (non-hydrogen) atoms. The second-order valence-electron chi connectivity index (χ2n) is 4.30. The standard InChI is InChI=1S/C13H16O7/c1-18-13-11(17)9(12(20-13)10(16)6-15)4-7-2-3-8(5-14)19-7/h2-4,10,12-16H,5-6H2,1H3/t10-,12-,13-/m1/s1. The maximum atomic E-state index is 12.0. The van der Waals surface area contributed by atoms with Gasteiger partial charge in [-0.25, -0.2) is 0 Å². The molecule has 1 aromatic rings. The highest BCUT2D eigenvalue weighted by Gasteiger charge is 2.42. The summed E-state index contributed by atoms with van der Waals surface area (Å²) in [6, 6.07) is 3.15. The van der Waals surface area contributed by atoms with Crippen molar-refractivity contribution in [1.82, 2.24) is 0 Å². The molecule has 0 spiro atoms. The Balaban J connectivity index is 2.31. The lowest BCUT2D eigenvalue weighted by Gasteiger charge is -2.16. The van der Waals surface area contributed by atoms with Crippen molar-refractivity contribution in [3.63, 3.8) is 0 Å². The van der Waals surface area contributed by atoms with Crippen LogP contribution in [0.2, 0.25) is 0 Å². The number of carbonyl (C=O) groups is 1. The Morgan fingerprint density at radius 2 is 2.20 bits per heavy atom. The molecule has 0 aliphatic carbocycles. The predicted molar refractivity (Wildman–Crippen MR) is 66.4 cm³/mol. The van der Waals surface area contributed by atoms with Gasteiger partial charge < -0.3 is 29.2 Å². The van der Waals surface area contributed by atoms with Crippen LogP contribution in [-0.2, 0) is 20.9 Å². The van der Waals surface area contributed by atoms with Gasteiger partial charge in [-0.1, -0.05) is 0 Å². The first kappa shape index (κ1) is 14.9. The normalized spacial score (nSPS) is 26.4.